The Morgan fingerprint density at radius 3 is 2.67 bits per heavy atom. The Bertz CT molecular complexity index is 345. The van der Waals surface area contributed by atoms with Crippen LogP contribution in [-0.2, 0) is 9.53 Å². The van der Waals surface area contributed by atoms with E-state index >= 15 is 0 Å². The molecule has 0 amide bonds. The van der Waals surface area contributed by atoms with Crippen LogP contribution in [0.5, 0.6) is 0 Å². The van der Waals surface area contributed by atoms with Crippen molar-refractivity contribution < 1.29 is 9.53 Å². The predicted molar refractivity (Wildman–Crippen MR) is 56.6 cm³/mol. The van der Waals surface area contributed by atoms with Crippen LogP contribution in [-0.4, -0.2) is 29.1 Å². The molecule has 1 rings (SSSR count). The second-order valence-electron chi connectivity index (χ2n) is 3.33. The summed E-state index contributed by atoms with van der Waals surface area (Å²) in [5, 5.41) is 2.95. The molecule has 1 aromatic heterocycles. The Labute approximate surface area is 88.9 Å². The molecule has 5 heteroatoms. The summed E-state index contributed by atoms with van der Waals surface area (Å²) in [6.45, 7) is 5.41. The molecule has 1 aromatic rings. The van der Waals surface area contributed by atoms with E-state index in [9.17, 15) is 4.79 Å². The van der Waals surface area contributed by atoms with Crippen LogP contribution in [0, 0.1) is 13.8 Å². The van der Waals surface area contributed by atoms with Crippen molar-refractivity contribution in [1.29, 1.82) is 0 Å². The topological polar surface area (TPSA) is 64.1 Å². The molecule has 0 saturated carbocycles. The molecular weight excluding hydrogens is 194 g/mol. The van der Waals surface area contributed by atoms with E-state index in [1.165, 1.54) is 7.11 Å². The van der Waals surface area contributed by atoms with E-state index in [1.807, 2.05) is 6.92 Å². The van der Waals surface area contributed by atoms with Crippen molar-refractivity contribution in [2.24, 2.45) is 0 Å². The molecule has 0 saturated heterocycles. The number of anilines is 1. The van der Waals surface area contributed by atoms with Gasteiger partial charge in [-0.2, -0.15) is 0 Å². The van der Waals surface area contributed by atoms with E-state index in [4.69, 9.17) is 0 Å². The number of rotatable bonds is 3. The molecule has 1 unspecified atom stereocenters. The Balaban J connectivity index is 2.76. The molecule has 0 aromatic carbocycles. The average Bonchev–Trinajstić information content (AvgIpc) is 2.14. The number of hydrogen-bond acceptors (Lipinski definition) is 5. The fourth-order valence-corrected chi connectivity index (χ4v) is 1.25. The molecular formula is C10H15N3O2. The number of carbonyl (C=O) groups excluding carboxylic acids is 1. The van der Waals surface area contributed by atoms with Crippen LogP contribution in [0.1, 0.15) is 18.4 Å². The lowest BCUT2D eigenvalue weighted by molar-refractivity contribution is -0.141. The number of nitrogens with zero attached hydrogens (tertiary/aromatic N) is 2. The monoisotopic (exact) mass is 209 g/mol. The maximum atomic E-state index is 11.2. The summed E-state index contributed by atoms with van der Waals surface area (Å²) in [6.07, 6.45) is 0. The van der Waals surface area contributed by atoms with Crippen molar-refractivity contribution in [3.05, 3.63) is 17.6 Å². The highest BCUT2D eigenvalue weighted by Gasteiger charge is 2.13. The Kier molecular flexibility index (Phi) is 3.60. The maximum absolute atomic E-state index is 11.2. The van der Waals surface area contributed by atoms with Crippen molar-refractivity contribution >= 4 is 11.8 Å². The van der Waals surface area contributed by atoms with Crippen molar-refractivity contribution in [2.75, 3.05) is 12.4 Å². The van der Waals surface area contributed by atoms with Gasteiger partial charge in [0.05, 0.1) is 7.11 Å². The normalized spacial score (nSPS) is 12.0. The Morgan fingerprint density at radius 1 is 1.47 bits per heavy atom. The highest BCUT2D eigenvalue weighted by atomic mass is 16.5. The molecule has 1 heterocycles. The first kappa shape index (κ1) is 11.4. The zero-order chi connectivity index (χ0) is 11.4. The summed E-state index contributed by atoms with van der Waals surface area (Å²) in [7, 11) is 1.36. The third-order valence-corrected chi connectivity index (χ3v) is 1.89. The molecule has 15 heavy (non-hydrogen) atoms. The standard InChI is InChI=1S/C10H15N3O2/c1-6-5-9(13-8(3)11-6)12-7(2)10(14)15-4/h5,7H,1-4H3,(H,11,12,13). The molecule has 0 aliphatic heterocycles. The number of aryl methyl sites for hydroxylation is 2. The number of methoxy groups -OCH3 is 1. The number of ether oxygens (including phenoxy) is 1. The molecule has 1 N–H and O–H groups in total. The number of nitrogens with one attached hydrogen (secondary N) is 1. The summed E-state index contributed by atoms with van der Waals surface area (Å²) in [5.41, 5.74) is 0.863. The second-order valence-corrected chi connectivity index (χ2v) is 3.33. The second kappa shape index (κ2) is 4.72. The van der Waals surface area contributed by atoms with Gasteiger partial charge >= 0.3 is 5.97 Å². The van der Waals surface area contributed by atoms with Gasteiger partial charge in [0.25, 0.3) is 0 Å². The van der Waals surface area contributed by atoms with Crippen LogP contribution in [0.15, 0.2) is 6.07 Å². The van der Waals surface area contributed by atoms with Crippen LogP contribution in [0.25, 0.3) is 0 Å². The van der Waals surface area contributed by atoms with Crippen molar-refractivity contribution in [2.45, 2.75) is 26.8 Å². The lowest BCUT2D eigenvalue weighted by Gasteiger charge is -2.12. The molecule has 0 spiro atoms. The van der Waals surface area contributed by atoms with Gasteiger partial charge in [-0.25, -0.2) is 14.8 Å². The third kappa shape index (κ3) is 3.19. The highest BCUT2D eigenvalue weighted by molar-refractivity contribution is 5.78. The SMILES string of the molecule is COC(=O)C(C)Nc1cc(C)nc(C)n1. The van der Waals surface area contributed by atoms with E-state index in [-0.39, 0.29) is 5.97 Å². The minimum atomic E-state index is -0.413. The summed E-state index contributed by atoms with van der Waals surface area (Å²) >= 11 is 0. The lowest BCUT2D eigenvalue weighted by Crippen LogP contribution is -2.27. The summed E-state index contributed by atoms with van der Waals surface area (Å²) in [5.74, 6) is 0.997. The van der Waals surface area contributed by atoms with E-state index in [0.29, 0.717) is 11.6 Å². The minimum absolute atomic E-state index is 0.316. The molecule has 0 fully saturated rings. The highest BCUT2D eigenvalue weighted by Crippen LogP contribution is 2.07. The maximum Gasteiger partial charge on any atom is 0.328 e. The number of esters is 1. The Hall–Kier alpha value is -1.65. The van der Waals surface area contributed by atoms with Gasteiger partial charge in [0.2, 0.25) is 0 Å². The van der Waals surface area contributed by atoms with Gasteiger partial charge in [-0.15, -0.1) is 0 Å². The fourth-order valence-electron chi connectivity index (χ4n) is 1.25. The first-order chi connectivity index (χ1) is 7.02. The first-order valence-electron chi connectivity index (χ1n) is 4.69. The summed E-state index contributed by atoms with van der Waals surface area (Å²) in [4.78, 5) is 19.5. The molecule has 0 radical (unpaired) electrons. The van der Waals surface area contributed by atoms with E-state index in [2.05, 4.69) is 20.0 Å². The summed E-state index contributed by atoms with van der Waals surface area (Å²) < 4.78 is 4.60. The van der Waals surface area contributed by atoms with Gasteiger partial charge in [-0.3, -0.25) is 0 Å². The van der Waals surface area contributed by atoms with Crippen LogP contribution >= 0.6 is 0 Å². The van der Waals surface area contributed by atoms with Crippen molar-refractivity contribution in [3.63, 3.8) is 0 Å². The molecule has 1 atom stereocenters. The fraction of sp³-hybridized carbons (Fsp3) is 0.500. The van der Waals surface area contributed by atoms with E-state index in [0.717, 1.165) is 5.69 Å². The number of carbonyl (C=O) groups is 1. The molecule has 0 aliphatic carbocycles. The van der Waals surface area contributed by atoms with Crippen LogP contribution < -0.4 is 5.32 Å². The first-order valence-corrected chi connectivity index (χ1v) is 4.69. The lowest BCUT2D eigenvalue weighted by atomic mass is 10.3. The molecule has 5 nitrogen and oxygen atoms in total. The number of hydrogen-bond donors (Lipinski definition) is 1. The predicted octanol–water partition coefficient (Wildman–Crippen LogP) is 1.07. The van der Waals surface area contributed by atoms with Crippen LogP contribution in [0.3, 0.4) is 0 Å². The Morgan fingerprint density at radius 2 is 2.13 bits per heavy atom. The van der Waals surface area contributed by atoms with E-state index in [1.54, 1.807) is 19.9 Å². The zero-order valence-electron chi connectivity index (χ0n) is 9.37. The quantitative estimate of drug-likeness (QED) is 0.754. The van der Waals surface area contributed by atoms with Crippen LogP contribution in [0.4, 0.5) is 5.82 Å². The van der Waals surface area contributed by atoms with Gasteiger partial charge in [-0.1, -0.05) is 0 Å². The van der Waals surface area contributed by atoms with Crippen molar-refractivity contribution in [3.8, 4) is 0 Å². The summed E-state index contributed by atoms with van der Waals surface area (Å²) in [6, 6.07) is 1.37. The van der Waals surface area contributed by atoms with Crippen LogP contribution in [0.2, 0.25) is 0 Å². The molecule has 82 valence electrons. The minimum Gasteiger partial charge on any atom is -0.467 e. The molecule has 0 aliphatic rings. The van der Waals surface area contributed by atoms with Gasteiger partial charge in [0, 0.05) is 11.8 Å². The zero-order valence-corrected chi connectivity index (χ0v) is 9.37. The average molecular weight is 209 g/mol. The number of aromatic nitrogens is 2. The van der Waals surface area contributed by atoms with Gasteiger partial charge < -0.3 is 10.1 Å². The third-order valence-electron chi connectivity index (χ3n) is 1.89. The smallest absolute Gasteiger partial charge is 0.328 e. The van der Waals surface area contributed by atoms with E-state index < -0.39 is 6.04 Å². The largest absolute Gasteiger partial charge is 0.467 e. The van der Waals surface area contributed by atoms with Crippen molar-refractivity contribution in [1.82, 2.24) is 9.97 Å². The van der Waals surface area contributed by atoms with Gasteiger partial charge in [-0.05, 0) is 20.8 Å². The molecule has 0 bridgehead atoms. The van der Waals surface area contributed by atoms with Gasteiger partial charge in [0.1, 0.15) is 17.7 Å². The van der Waals surface area contributed by atoms with Gasteiger partial charge in [0.15, 0.2) is 0 Å².